The fourth-order valence-electron chi connectivity index (χ4n) is 2.44. The number of aliphatic hydroxyl groups excluding tert-OH is 1. The van der Waals surface area contributed by atoms with Crippen LogP contribution in [-0.4, -0.2) is 37.0 Å². The highest BCUT2D eigenvalue weighted by molar-refractivity contribution is 7.90. The molecule has 0 saturated heterocycles. The average molecular weight is 270 g/mol. The molecule has 18 heavy (non-hydrogen) atoms. The molecule has 0 radical (unpaired) electrons. The van der Waals surface area contributed by atoms with E-state index in [0.29, 0.717) is 0 Å². The Bertz CT molecular complexity index is 584. The first kappa shape index (κ1) is 13.0. The molecule has 2 rings (SSSR count). The normalized spacial score (nSPS) is 27.6. The zero-order chi connectivity index (χ0) is 13.6. The van der Waals surface area contributed by atoms with Crippen LogP contribution in [0.15, 0.2) is 29.2 Å². The van der Waals surface area contributed by atoms with Gasteiger partial charge in [-0.25, -0.2) is 8.42 Å². The summed E-state index contributed by atoms with van der Waals surface area (Å²) < 4.78 is 23.4. The monoisotopic (exact) mass is 270 g/mol. The fourth-order valence-corrected chi connectivity index (χ4v) is 3.43. The van der Waals surface area contributed by atoms with Gasteiger partial charge in [-0.1, -0.05) is 18.2 Å². The van der Waals surface area contributed by atoms with E-state index in [0.717, 1.165) is 6.26 Å². The molecule has 98 valence electrons. The lowest BCUT2D eigenvalue weighted by molar-refractivity contribution is -0.153. The quantitative estimate of drug-likeness (QED) is 0.837. The summed E-state index contributed by atoms with van der Waals surface area (Å²) in [6.07, 6.45) is 0.467. The molecule has 0 aromatic heterocycles. The summed E-state index contributed by atoms with van der Waals surface area (Å²) >= 11 is 0. The molecule has 0 aliphatic heterocycles. The minimum atomic E-state index is -3.49. The number of benzene rings is 1. The van der Waals surface area contributed by atoms with Crippen molar-refractivity contribution in [2.45, 2.75) is 29.3 Å². The number of aliphatic carboxylic acids is 1. The zero-order valence-electron chi connectivity index (χ0n) is 9.83. The molecule has 0 unspecified atom stereocenters. The summed E-state index contributed by atoms with van der Waals surface area (Å²) in [5.41, 5.74) is -1.01. The Kier molecular flexibility index (Phi) is 2.95. The average Bonchev–Trinajstić information content (AvgIpc) is 2.23. The smallest absolute Gasteiger partial charge is 0.314 e. The van der Waals surface area contributed by atoms with Crippen LogP contribution in [0.1, 0.15) is 18.4 Å². The molecule has 0 atom stereocenters. The highest BCUT2D eigenvalue weighted by Crippen LogP contribution is 2.46. The van der Waals surface area contributed by atoms with E-state index in [-0.39, 0.29) is 23.3 Å². The lowest BCUT2D eigenvalue weighted by Gasteiger charge is -2.42. The van der Waals surface area contributed by atoms with Crippen molar-refractivity contribution in [2.24, 2.45) is 0 Å². The number of rotatable bonds is 3. The van der Waals surface area contributed by atoms with Gasteiger partial charge in [-0.15, -0.1) is 0 Å². The third-order valence-electron chi connectivity index (χ3n) is 3.38. The molecule has 0 bridgehead atoms. The summed E-state index contributed by atoms with van der Waals surface area (Å²) in [6, 6.07) is 6.08. The summed E-state index contributed by atoms with van der Waals surface area (Å²) in [6.45, 7) is 0. The van der Waals surface area contributed by atoms with Crippen LogP contribution in [0.2, 0.25) is 0 Å². The van der Waals surface area contributed by atoms with Crippen molar-refractivity contribution in [3.63, 3.8) is 0 Å². The van der Waals surface area contributed by atoms with Gasteiger partial charge < -0.3 is 10.2 Å². The maximum absolute atomic E-state index is 11.7. The number of hydrogen-bond donors (Lipinski definition) is 2. The minimum absolute atomic E-state index is 0.0271. The van der Waals surface area contributed by atoms with E-state index < -0.39 is 27.3 Å². The van der Waals surface area contributed by atoms with Crippen LogP contribution in [0.5, 0.6) is 0 Å². The van der Waals surface area contributed by atoms with Gasteiger partial charge in [0.15, 0.2) is 9.84 Å². The molecule has 1 saturated carbocycles. The van der Waals surface area contributed by atoms with Gasteiger partial charge in [-0.2, -0.15) is 0 Å². The van der Waals surface area contributed by atoms with Crippen molar-refractivity contribution >= 4 is 15.8 Å². The topological polar surface area (TPSA) is 91.7 Å². The third kappa shape index (κ3) is 1.91. The van der Waals surface area contributed by atoms with Crippen molar-refractivity contribution in [1.29, 1.82) is 0 Å². The first-order chi connectivity index (χ1) is 8.27. The van der Waals surface area contributed by atoms with Crippen molar-refractivity contribution in [1.82, 2.24) is 0 Å². The molecule has 2 N–H and O–H groups in total. The first-order valence-corrected chi connectivity index (χ1v) is 7.37. The van der Waals surface area contributed by atoms with Crippen LogP contribution in [0, 0.1) is 0 Å². The van der Waals surface area contributed by atoms with Crippen molar-refractivity contribution in [3.05, 3.63) is 29.8 Å². The lowest BCUT2D eigenvalue weighted by Crippen LogP contribution is -2.51. The fraction of sp³-hybridized carbons (Fsp3) is 0.417. The van der Waals surface area contributed by atoms with Gasteiger partial charge in [-0.3, -0.25) is 4.79 Å². The summed E-state index contributed by atoms with van der Waals surface area (Å²) in [4.78, 5) is 11.4. The lowest BCUT2D eigenvalue weighted by atomic mass is 9.63. The van der Waals surface area contributed by atoms with Gasteiger partial charge in [-0.05, 0) is 24.5 Å². The van der Waals surface area contributed by atoms with Crippen molar-refractivity contribution in [3.8, 4) is 0 Å². The van der Waals surface area contributed by atoms with Crippen LogP contribution in [-0.2, 0) is 20.0 Å². The maximum atomic E-state index is 11.7. The number of sulfone groups is 1. The van der Waals surface area contributed by atoms with Crippen LogP contribution >= 0.6 is 0 Å². The Morgan fingerprint density at radius 2 is 1.89 bits per heavy atom. The van der Waals surface area contributed by atoms with Gasteiger partial charge in [0.25, 0.3) is 0 Å². The zero-order valence-corrected chi connectivity index (χ0v) is 10.6. The van der Waals surface area contributed by atoms with E-state index in [2.05, 4.69) is 0 Å². The Labute approximate surface area is 105 Å². The van der Waals surface area contributed by atoms with Gasteiger partial charge in [0.2, 0.25) is 0 Å². The summed E-state index contributed by atoms with van der Waals surface area (Å²) in [7, 11) is -3.49. The Balaban J connectivity index is 2.61. The van der Waals surface area contributed by atoms with E-state index in [1.165, 1.54) is 12.1 Å². The molecular weight excluding hydrogens is 256 g/mol. The van der Waals surface area contributed by atoms with Crippen molar-refractivity contribution < 1.29 is 23.4 Å². The van der Waals surface area contributed by atoms with Gasteiger partial charge in [0.05, 0.1) is 16.4 Å². The van der Waals surface area contributed by atoms with Crippen LogP contribution in [0.3, 0.4) is 0 Å². The second kappa shape index (κ2) is 4.07. The first-order valence-electron chi connectivity index (χ1n) is 5.48. The van der Waals surface area contributed by atoms with E-state index in [9.17, 15) is 23.4 Å². The predicted octanol–water partition coefficient (Wildman–Crippen LogP) is 0.567. The van der Waals surface area contributed by atoms with E-state index >= 15 is 0 Å². The molecule has 1 aromatic rings. The van der Waals surface area contributed by atoms with Gasteiger partial charge in [0, 0.05) is 6.26 Å². The Morgan fingerprint density at radius 3 is 2.33 bits per heavy atom. The molecular formula is C12H14O5S. The van der Waals surface area contributed by atoms with E-state index in [1.807, 2.05) is 0 Å². The summed E-state index contributed by atoms with van der Waals surface area (Å²) in [5.74, 6) is -1.09. The molecule has 1 aliphatic carbocycles. The maximum Gasteiger partial charge on any atom is 0.314 e. The van der Waals surface area contributed by atoms with E-state index in [1.54, 1.807) is 12.1 Å². The van der Waals surface area contributed by atoms with Crippen molar-refractivity contribution in [2.75, 3.05) is 6.26 Å². The number of hydrogen-bond acceptors (Lipinski definition) is 4. The molecule has 0 heterocycles. The van der Waals surface area contributed by atoms with Crippen LogP contribution in [0.25, 0.3) is 0 Å². The number of carboxylic acid groups (broad SMARTS) is 1. The Hall–Kier alpha value is -1.40. The highest BCUT2D eigenvalue weighted by Gasteiger charge is 2.52. The predicted molar refractivity (Wildman–Crippen MR) is 64.1 cm³/mol. The highest BCUT2D eigenvalue weighted by atomic mass is 32.2. The minimum Gasteiger partial charge on any atom is -0.481 e. The van der Waals surface area contributed by atoms with Crippen LogP contribution in [0.4, 0.5) is 0 Å². The third-order valence-corrected chi connectivity index (χ3v) is 4.53. The number of carbonyl (C=O) groups is 1. The van der Waals surface area contributed by atoms with Gasteiger partial charge >= 0.3 is 5.97 Å². The SMILES string of the molecule is CS(=O)(=O)c1ccccc1C1(C(=O)O)CC(O)C1. The molecule has 5 nitrogen and oxygen atoms in total. The molecule has 1 aliphatic rings. The van der Waals surface area contributed by atoms with Gasteiger partial charge in [0.1, 0.15) is 0 Å². The molecule has 1 aromatic carbocycles. The largest absolute Gasteiger partial charge is 0.481 e. The molecule has 0 spiro atoms. The van der Waals surface area contributed by atoms with Crippen LogP contribution < -0.4 is 0 Å². The summed E-state index contributed by atoms with van der Waals surface area (Å²) in [5, 5.41) is 18.7. The number of carboxylic acids is 1. The van der Waals surface area contributed by atoms with E-state index in [4.69, 9.17) is 0 Å². The second-order valence-corrected chi connectivity index (χ2v) is 6.70. The molecule has 0 amide bonds. The molecule has 6 heteroatoms. The Morgan fingerprint density at radius 1 is 1.33 bits per heavy atom. The second-order valence-electron chi connectivity index (χ2n) is 4.72. The standard InChI is InChI=1S/C12H14O5S/c1-18(16,17)10-5-3-2-4-9(10)12(11(14)15)6-8(13)7-12/h2-5,8,13H,6-7H2,1H3,(H,14,15). The molecule has 1 fully saturated rings. The number of aliphatic hydroxyl groups is 1.